The van der Waals surface area contributed by atoms with Crippen LogP contribution in [0.2, 0.25) is 0 Å². The molecule has 1 N–H and O–H groups in total. The lowest BCUT2D eigenvalue weighted by Gasteiger charge is -2.07. The van der Waals surface area contributed by atoms with E-state index >= 15 is 0 Å². The van der Waals surface area contributed by atoms with E-state index in [1.807, 2.05) is 0 Å². The summed E-state index contributed by atoms with van der Waals surface area (Å²) in [6.07, 6.45) is 2.45. The molecule has 0 bridgehead atoms. The zero-order chi connectivity index (χ0) is 21.4. The van der Waals surface area contributed by atoms with Gasteiger partial charge in [0.2, 0.25) is 0 Å². The molecule has 0 fully saturated rings. The molecule has 1 aliphatic heterocycles. The van der Waals surface area contributed by atoms with Crippen molar-refractivity contribution in [2.75, 3.05) is 19.8 Å². The summed E-state index contributed by atoms with van der Waals surface area (Å²) < 4.78 is 49.7. The number of carbonyl (C=O) groups excluding carboxylic acids is 1. The molecule has 1 heterocycles. The Balaban J connectivity index is 1.28. The van der Waals surface area contributed by atoms with Crippen molar-refractivity contribution in [1.82, 2.24) is 4.72 Å². The predicted octanol–water partition coefficient (Wildman–Crippen LogP) is 3.05. The van der Waals surface area contributed by atoms with E-state index in [9.17, 15) is 17.6 Å². The van der Waals surface area contributed by atoms with Gasteiger partial charge < -0.3 is 9.47 Å². The van der Waals surface area contributed by atoms with Gasteiger partial charge in [0.25, 0.3) is 10.0 Å². The molecule has 160 valence electrons. The first-order valence-electron chi connectivity index (χ1n) is 9.66. The minimum atomic E-state index is -3.51. The summed E-state index contributed by atoms with van der Waals surface area (Å²) in [6, 6.07) is 12.3. The van der Waals surface area contributed by atoms with Crippen LogP contribution in [0.25, 0.3) is 0 Å². The van der Waals surface area contributed by atoms with Crippen molar-refractivity contribution >= 4 is 21.8 Å². The van der Waals surface area contributed by atoms with Crippen molar-refractivity contribution in [3.05, 3.63) is 59.9 Å². The number of nitrogens with zero attached hydrogens (tertiary/aromatic N) is 1. The molecule has 3 rings (SSSR count). The molecule has 1 aliphatic rings. The summed E-state index contributed by atoms with van der Waals surface area (Å²) in [7, 11) is -3.51. The molecular weight excluding hydrogens is 411 g/mol. The van der Waals surface area contributed by atoms with E-state index in [0.717, 1.165) is 12.8 Å². The monoisotopic (exact) mass is 434 g/mol. The van der Waals surface area contributed by atoms with Crippen molar-refractivity contribution in [3.8, 4) is 5.75 Å². The fourth-order valence-electron chi connectivity index (χ4n) is 2.92. The fraction of sp³-hybridized carbons (Fsp3) is 0.333. The number of esters is 1. The van der Waals surface area contributed by atoms with E-state index in [2.05, 4.69) is 9.71 Å². The van der Waals surface area contributed by atoms with Gasteiger partial charge in [-0.2, -0.15) is 0 Å². The Morgan fingerprint density at radius 3 is 2.57 bits per heavy atom. The quantitative estimate of drug-likeness (QED) is 0.458. The number of ether oxygens (including phenoxy) is 2. The van der Waals surface area contributed by atoms with Crippen LogP contribution in [0.5, 0.6) is 5.75 Å². The molecular formula is C21H23FN2O5S. The lowest BCUT2D eigenvalue weighted by atomic mass is 10.2. The van der Waals surface area contributed by atoms with Crippen LogP contribution in [0.15, 0.2) is 58.4 Å². The SMILES string of the molecule is O=C(CCCCCN=C1NS(=O)(=O)c2ccccc21)OCCOc1ccc(F)cc1. The first-order valence-corrected chi connectivity index (χ1v) is 11.1. The molecule has 0 saturated heterocycles. The van der Waals surface area contributed by atoms with Gasteiger partial charge in [0.05, 0.1) is 4.90 Å². The molecule has 7 nitrogen and oxygen atoms in total. The summed E-state index contributed by atoms with van der Waals surface area (Å²) >= 11 is 0. The Kier molecular flexibility index (Phi) is 7.40. The maximum absolute atomic E-state index is 12.8. The van der Waals surface area contributed by atoms with Crippen LogP contribution in [-0.2, 0) is 19.6 Å². The maximum Gasteiger partial charge on any atom is 0.305 e. The van der Waals surface area contributed by atoms with E-state index in [4.69, 9.17) is 9.47 Å². The summed E-state index contributed by atoms with van der Waals surface area (Å²) in [5.74, 6) is 0.239. The van der Waals surface area contributed by atoms with Crippen LogP contribution in [0, 0.1) is 5.82 Å². The van der Waals surface area contributed by atoms with Crippen LogP contribution in [0.3, 0.4) is 0 Å². The highest BCUT2D eigenvalue weighted by atomic mass is 32.2. The normalized spacial score (nSPS) is 15.4. The number of fused-ring (bicyclic) bond motifs is 1. The predicted molar refractivity (Wildman–Crippen MR) is 109 cm³/mol. The Bertz CT molecular complexity index is 1010. The summed E-state index contributed by atoms with van der Waals surface area (Å²) in [5, 5.41) is 0. The van der Waals surface area contributed by atoms with Gasteiger partial charge in [-0.15, -0.1) is 0 Å². The maximum atomic E-state index is 12.8. The standard InChI is InChI=1S/C21H23FN2O5S/c22-16-9-11-17(12-10-16)28-14-15-29-20(25)8-2-1-5-13-23-21-18-6-3-4-7-19(18)30(26,27)24-21/h3-4,6-7,9-12H,1-2,5,8,13-15H2,(H,23,24). The first-order chi connectivity index (χ1) is 14.5. The van der Waals surface area contributed by atoms with Crippen LogP contribution >= 0.6 is 0 Å². The number of rotatable bonds is 10. The molecule has 0 unspecified atom stereocenters. The second kappa shape index (κ2) is 10.2. The van der Waals surface area contributed by atoms with Gasteiger partial charge in [-0.3, -0.25) is 14.5 Å². The summed E-state index contributed by atoms with van der Waals surface area (Å²) in [6.45, 7) is 0.794. The van der Waals surface area contributed by atoms with Gasteiger partial charge in [-0.25, -0.2) is 12.8 Å². The minimum absolute atomic E-state index is 0.128. The van der Waals surface area contributed by atoms with Crippen molar-refractivity contribution < 1.29 is 27.1 Å². The van der Waals surface area contributed by atoms with Gasteiger partial charge >= 0.3 is 5.97 Å². The molecule has 0 amide bonds. The Labute approximate surface area is 175 Å². The third-order valence-corrected chi connectivity index (χ3v) is 5.80. The van der Waals surface area contributed by atoms with E-state index < -0.39 is 10.0 Å². The third kappa shape index (κ3) is 6.03. The average Bonchev–Trinajstić information content (AvgIpc) is 3.00. The Hall–Kier alpha value is -2.94. The lowest BCUT2D eigenvalue weighted by molar-refractivity contribution is -0.144. The molecule has 30 heavy (non-hydrogen) atoms. The van der Waals surface area contributed by atoms with E-state index in [1.165, 1.54) is 24.3 Å². The number of carbonyl (C=O) groups is 1. The molecule has 0 saturated carbocycles. The average molecular weight is 434 g/mol. The van der Waals surface area contributed by atoms with E-state index in [-0.39, 0.29) is 29.9 Å². The number of halogens is 1. The first kappa shape index (κ1) is 21.8. The zero-order valence-corrected chi connectivity index (χ0v) is 17.2. The molecule has 0 aromatic heterocycles. The second-order valence-electron chi connectivity index (χ2n) is 6.67. The number of aliphatic imine (C=N–C) groups is 1. The van der Waals surface area contributed by atoms with Crippen molar-refractivity contribution in [2.24, 2.45) is 4.99 Å². The number of sulfonamides is 1. The Morgan fingerprint density at radius 1 is 1.00 bits per heavy atom. The zero-order valence-electron chi connectivity index (χ0n) is 16.3. The van der Waals surface area contributed by atoms with Crippen molar-refractivity contribution in [1.29, 1.82) is 0 Å². The van der Waals surface area contributed by atoms with Crippen LogP contribution in [0.4, 0.5) is 4.39 Å². The van der Waals surface area contributed by atoms with Crippen LogP contribution < -0.4 is 9.46 Å². The van der Waals surface area contributed by atoms with Gasteiger partial charge in [0.1, 0.15) is 30.6 Å². The van der Waals surface area contributed by atoms with Crippen LogP contribution in [-0.4, -0.2) is 40.0 Å². The van der Waals surface area contributed by atoms with Gasteiger partial charge in [-0.05, 0) is 49.2 Å². The molecule has 2 aromatic rings. The number of amidine groups is 1. The minimum Gasteiger partial charge on any atom is -0.490 e. The largest absolute Gasteiger partial charge is 0.490 e. The molecule has 2 aromatic carbocycles. The van der Waals surface area contributed by atoms with E-state index in [0.29, 0.717) is 36.5 Å². The highest BCUT2D eigenvalue weighted by Crippen LogP contribution is 2.22. The van der Waals surface area contributed by atoms with Gasteiger partial charge in [0, 0.05) is 18.5 Å². The molecule has 9 heteroatoms. The van der Waals surface area contributed by atoms with Gasteiger partial charge in [-0.1, -0.05) is 18.6 Å². The van der Waals surface area contributed by atoms with Crippen LogP contribution in [0.1, 0.15) is 31.2 Å². The fourth-order valence-corrected chi connectivity index (χ4v) is 4.17. The van der Waals surface area contributed by atoms with Crippen molar-refractivity contribution in [2.45, 2.75) is 30.6 Å². The highest BCUT2D eigenvalue weighted by molar-refractivity contribution is 7.90. The highest BCUT2D eigenvalue weighted by Gasteiger charge is 2.29. The number of hydrogen-bond acceptors (Lipinski definition) is 6. The van der Waals surface area contributed by atoms with Crippen molar-refractivity contribution in [3.63, 3.8) is 0 Å². The topological polar surface area (TPSA) is 94.1 Å². The number of nitrogens with one attached hydrogen (secondary N) is 1. The summed E-state index contributed by atoms with van der Waals surface area (Å²) in [4.78, 5) is 16.3. The molecule has 0 radical (unpaired) electrons. The Morgan fingerprint density at radius 2 is 1.77 bits per heavy atom. The summed E-state index contributed by atoms with van der Waals surface area (Å²) in [5.41, 5.74) is 0.587. The van der Waals surface area contributed by atoms with E-state index in [1.54, 1.807) is 24.3 Å². The molecule has 0 aliphatic carbocycles. The molecule has 0 atom stereocenters. The van der Waals surface area contributed by atoms with Gasteiger partial charge in [0.15, 0.2) is 0 Å². The number of benzene rings is 2. The smallest absolute Gasteiger partial charge is 0.305 e. The lowest BCUT2D eigenvalue weighted by Crippen LogP contribution is -2.22. The third-order valence-electron chi connectivity index (χ3n) is 4.40. The molecule has 0 spiro atoms. The number of hydrogen-bond donors (Lipinski definition) is 1. The second-order valence-corrected chi connectivity index (χ2v) is 8.32. The number of unbranched alkanes of at least 4 members (excludes halogenated alkanes) is 2.